The van der Waals surface area contributed by atoms with E-state index in [0.29, 0.717) is 30.0 Å². The minimum atomic E-state index is -0.949. The van der Waals surface area contributed by atoms with E-state index in [4.69, 9.17) is 16.3 Å². The number of benzene rings is 3. The highest BCUT2D eigenvalue weighted by Crippen LogP contribution is 2.44. The quantitative estimate of drug-likeness (QED) is 0.245. The Morgan fingerprint density at radius 1 is 1.05 bits per heavy atom. The lowest BCUT2D eigenvalue weighted by atomic mass is 9.85. The number of likely N-dealkylation sites (N-methyl/N-ethyl adjacent to an activating group) is 1. The van der Waals surface area contributed by atoms with Crippen molar-refractivity contribution < 1.29 is 23.8 Å². The molecule has 3 aromatic rings. The van der Waals surface area contributed by atoms with Gasteiger partial charge >= 0.3 is 0 Å². The number of halogens is 2. The minimum absolute atomic E-state index is 0.0571. The Labute approximate surface area is 225 Å². The second-order valence-electron chi connectivity index (χ2n) is 10.6. The van der Waals surface area contributed by atoms with Crippen LogP contribution in [0.15, 0.2) is 66.2 Å². The van der Waals surface area contributed by atoms with Crippen LogP contribution in [0.2, 0.25) is 5.02 Å². The van der Waals surface area contributed by atoms with Crippen molar-refractivity contribution in [1.29, 1.82) is 0 Å². The fourth-order valence-electron chi connectivity index (χ4n) is 4.87. The molecule has 0 spiro atoms. The van der Waals surface area contributed by atoms with Crippen molar-refractivity contribution in [2.75, 3.05) is 30.0 Å². The lowest BCUT2D eigenvalue weighted by Crippen LogP contribution is -2.29. The van der Waals surface area contributed by atoms with Gasteiger partial charge in [-0.05, 0) is 52.9 Å². The predicted molar refractivity (Wildman–Crippen MR) is 147 cm³/mol. The molecule has 6 nitrogen and oxygen atoms in total. The molecule has 0 aromatic heterocycles. The van der Waals surface area contributed by atoms with Gasteiger partial charge in [0.05, 0.1) is 28.9 Å². The SMILES string of the molecule is CN1CCOc2ccc(/C(O)=C3/C(=O)C(=O)N(c4ccc(F)c(Cl)c4)C3c3ccc(C(C)(C)C)cc3)cc21. The Hall–Kier alpha value is -3.84. The molecule has 1 fully saturated rings. The van der Waals surface area contributed by atoms with E-state index in [-0.39, 0.29) is 27.5 Å². The standard InChI is InChI=1S/C30H28ClFN2O4/c1-30(2,3)19-8-5-17(6-9-19)26-25(27(35)18-7-12-24-23(15-18)33(4)13-14-38-24)28(36)29(37)34(26)20-10-11-22(32)21(31)16-20/h5-12,15-16,26,35H,13-14H2,1-4H3/b27-25-. The van der Waals surface area contributed by atoms with E-state index in [9.17, 15) is 19.1 Å². The number of amides is 1. The van der Waals surface area contributed by atoms with E-state index in [1.807, 2.05) is 36.2 Å². The fraction of sp³-hybridized carbons (Fsp3) is 0.267. The normalized spacial score (nSPS) is 18.9. The van der Waals surface area contributed by atoms with Gasteiger partial charge < -0.3 is 14.7 Å². The zero-order valence-corrected chi connectivity index (χ0v) is 22.3. The van der Waals surface area contributed by atoms with Gasteiger partial charge in [0, 0.05) is 18.3 Å². The lowest BCUT2D eigenvalue weighted by Gasteiger charge is -2.28. The number of aliphatic hydroxyl groups excluding tert-OH is 1. The van der Waals surface area contributed by atoms with Crippen LogP contribution in [-0.2, 0) is 15.0 Å². The number of fused-ring (bicyclic) bond motifs is 1. The third-order valence-electron chi connectivity index (χ3n) is 7.05. The van der Waals surface area contributed by atoms with Crippen molar-refractivity contribution in [1.82, 2.24) is 0 Å². The van der Waals surface area contributed by atoms with Crippen molar-refractivity contribution in [2.24, 2.45) is 0 Å². The summed E-state index contributed by atoms with van der Waals surface area (Å²) in [6.45, 7) is 7.49. The first kappa shape index (κ1) is 25.8. The predicted octanol–water partition coefficient (Wildman–Crippen LogP) is 6.23. The summed E-state index contributed by atoms with van der Waals surface area (Å²) in [6, 6.07) is 15.6. The Balaban J connectivity index is 1.70. The fourth-order valence-corrected chi connectivity index (χ4v) is 5.04. The molecule has 38 heavy (non-hydrogen) atoms. The molecule has 1 saturated heterocycles. The van der Waals surface area contributed by atoms with Gasteiger partial charge in [-0.3, -0.25) is 14.5 Å². The monoisotopic (exact) mass is 534 g/mol. The number of nitrogens with zero attached hydrogens (tertiary/aromatic N) is 2. The van der Waals surface area contributed by atoms with E-state index in [1.165, 1.54) is 17.0 Å². The highest BCUT2D eigenvalue weighted by molar-refractivity contribution is 6.51. The molecule has 0 aliphatic carbocycles. The van der Waals surface area contributed by atoms with Crippen LogP contribution in [0.3, 0.4) is 0 Å². The van der Waals surface area contributed by atoms with Crippen molar-refractivity contribution in [3.63, 3.8) is 0 Å². The first-order valence-electron chi connectivity index (χ1n) is 12.3. The molecule has 5 rings (SSSR count). The molecule has 3 aromatic carbocycles. The molecule has 1 unspecified atom stereocenters. The van der Waals surface area contributed by atoms with Crippen molar-refractivity contribution in [2.45, 2.75) is 32.2 Å². The summed E-state index contributed by atoms with van der Waals surface area (Å²) in [5, 5.41) is 11.3. The molecule has 0 saturated carbocycles. The number of ether oxygens (including phenoxy) is 1. The number of rotatable bonds is 3. The molecule has 2 heterocycles. The zero-order valence-electron chi connectivity index (χ0n) is 21.6. The highest BCUT2D eigenvalue weighted by Gasteiger charge is 2.47. The van der Waals surface area contributed by atoms with Crippen LogP contribution >= 0.6 is 11.6 Å². The van der Waals surface area contributed by atoms with E-state index < -0.39 is 23.5 Å². The van der Waals surface area contributed by atoms with Crippen LogP contribution in [-0.4, -0.2) is 37.0 Å². The van der Waals surface area contributed by atoms with E-state index in [0.717, 1.165) is 17.3 Å². The Morgan fingerprint density at radius 2 is 1.76 bits per heavy atom. The maximum absolute atomic E-state index is 14.0. The van der Waals surface area contributed by atoms with Gasteiger partial charge in [-0.25, -0.2) is 4.39 Å². The number of hydrogen-bond acceptors (Lipinski definition) is 5. The summed E-state index contributed by atoms with van der Waals surface area (Å²) in [4.78, 5) is 30.1. The molecule has 0 bridgehead atoms. The molecule has 2 aliphatic heterocycles. The van der Waals surface area contributed by atoms with Crippen LogP contribution < -0.4 is 14.5 Å². The molecule has 1 N–H and O–H groups in total. The molecule has 1 amide bonds. The van der Waals surface area contributed by atoms with Gasteiger partial charge in [0.1, 0.15) is 23.9 Å². The largest absolute Gasteiger partial charge is 0.507 e. The van der Waals surface area contributed by atoms with Crippen LogP contribution in [0.4, 0.5) is 15.8 Å². The van der Waals surface area contributed by atoms with Gasteiger partial charge in [-0.15, -0.1) is 0 Å². The Bertz CT molecular complexity index is 1480. The summed E-state index contributed by atoms with van der Waals surface area (Å²) in [5.41, 5.74) is 2.93. The molecule has 8 heteroatoms. The number of anilines is 2. The molecule has 1 atom stereocenters. The zero-order chi connectivity index (χ0) is 27.4. The molecule has 196 valence electrons. The number of Topliss-reactive ketones (excluding diaryl/α,β-unsaturated/α-hetero) is 1. The summed E-state index contributed by atoms with van der Waals surface area (Å²) >= 11 is 6.04. The number of carbonyl (C=O) groups excluding carboxylic acids is 2. The van der Waals surface area contributed by atoms with Crippen molar-refractivity contribution in [3.05, 3.63) is 93.8 Å². The first-order valence-corrected chi connectivity index (χ1v) is 12.7. The Kier molecular flexibility index (Phi) is 6.43. The van der Waals surface area contributed by atoms with E-state index in [2.05, 4.69) is 20.8 Å². The second-order valence-corrected chi connectivity index (χ2v) is 11.0. The lowest BCUT2D eigenvalue weighted by molar-refractivity contribution is -0.132. The van der Waals surface area contributed by atoms with Gasteiger partial charge in [0.15, 0.2) is 0 Å². The van der Waals surface area contributed by atoms with Crippen LogP contribution in [0.1, 0.15) is 43.5 Å². The summed E-state index contributed by atoms with van der Waals surface area (Å²) < 4.78 is 19.7. The third-order valence-corrected chi connectivity index (χ3v) is 7.34. The van der Waals surface area contributed by atoms with Crippen LogP contribution in [0.5, 0.6) is 5.75 Å². The van der Waals surface area contributed by atoms with Gasteiger partial charge in [0.2, 0.25) is 0 Å². The van der Waals surface area contributed by atoms with Crippen LogP contribution in [0, 0.1) is 5.82 Å². The number of ketones is 1. The van der Waals surface area contributed by atoms with Gasteiger partial charge in [0.25, 0.3) is 11.7 Å². The third kappa shape index (κ3) is 4.41. The number of aliphatic hydroxyl groups is 1. The topological polar surface area (TPSA) is 70.1 Å². The highest BCUT2D eigenvalue weighted by atomic mass is 35.5. The average molecular weight is 535 g/mol. The summed E-state index contributed by atoms with van der Waals surface area (Å²) in [7, 11) is 1.92. The smallest absolute Gasteiger partial charge is 0.300 e. The number of hydrogen-bond donors (Lipinski definition) is 1. The molecule has 0 radical (unpaired) electrons. The number of carbonyl (C=O) groups is 2. The Morgan fingerprint density at radius 3 is 2.42 bits per heavy atom. The average Bonchev–Trinajstić information content (AvgIpc) is 3.15. The van der Waals surface area contributed by atoms with Crippen LogP contribution in [0.25, 0.3) is 5.76 Å². The molecular formula is C30H28ClFN2O4. The first-order chi connectivity index (χ1) is 18.0. The maximum atomic E-state index is 14.0. The van der Waals surface area contributed by atoms with Gasteiger partial charge in [-0.1, -0.05) is 56.6 Å². The van der Waals surface area contributed by atoms with E-state index >= 15 is 0 Å². The van der Waals surface area contributed by atoms with E-state index in [1.54, 1.807) is 18.2 Å². The van der Waals surface area contributed by atoms with Crippen molar-refractivity contribution >= 4 is 40.4 Å². The van der Waals surface area contributed by atoms with Gasteiger partial charge in [-0.2, -0.15) is 0 Å². The second kappa shape index (κ2) is 9.48. The molecular weight excluding hydrogens is 507 g/mol. The minimum Gasteiger partial charge on any atom is -0.507 e. The summed E-state index contributed by atoms with van der Waals surface area (Å²) in [5.74, 6) is -1.94. The summed E-state index contributed by atoms with van der Waals surface area (Å²) in [6.07, 6.45) is 0. The van der Waals surface area contributed by atoms with Crippen molar-refractivity contribution in [3.8, 4) is 5.75 Å². The molecule has 2 aliphatic rings. The maximum Gasteiger partial charge on any atom is 0.300 e.